The summed E-state index contributed by atoms with van der Waals surface area (Å²) in [5, 5.41) is 34.5. The van der Waals surface area contributed by atoms with Crippen molar-refractivity contribution in [3.8, 4) is 17.6 Å². The van der Waals surface area contributed by atoms with Crippen LogP contribution in [0.5, 0.6) is 11.5 Å². The minimum absolute atomic E-state index is 0.269. The van der Waals surface area contributed by atoms with Gasteiger partial charge < -0.3 is 9.84 Å². The number of nitrogens with zero attached hydrogens (tertiary/aromatic N) is 3. The average Bonchev–Trinajstić information content (AvgIpc) is 2.61. The lowest BCUT2D eigenvalue weighted by Crippen LogP contribution is -2.24. The first-order chi connectivity index (χ1) is 12.0. The van der Waals surface area contributed by atoms with Crippen molar-refractivity contribution in [2.75, 3.05) is 6.61 Å². The molecule has 25 heavy (non-hydrogen) atoms. The molecule has 2 aromatic carbocycles. The Labute approximate surface area is 141 Å². The number of nitro groups is 1. The van der Waals surface area contributed by atoms with E-state index in [2.05, 4.69) is 10.5 Å². The van der Waals surface area contributed by atoms with E-state index in [-0.39, 0.29) is 17.9 Å². The number of hydrogen-bond acceptors (Lipinski definition) is 7. The lowest BCUT2D eigenvalue weighted by molar-refractivity contribution is -0.398. The number of para-hydroxylation sites is 1. The van der Waals surface area contributed by atoms with Crippen LogP contribution in [0.1, 0.15) is 11.1 Å². The highest BCUT2D eigenvalue weighted by atomic mass is 16.6. The van der Waals surface area contributed by atoms with Crippen LogP contribution in [-0.2, 0) is 4.79 Å². The standard InChI is InChI=1S/C16H12N4O5/c17-8-12-3-1-2-4-15(12)25-10-16(22)19-18-9-11-5-6-14(21)13(7-11)20(23)24/h1-7,9,21H,10H2,(H,19,22)/p-1/b18-9-. The van der Waals surface area contributed by atoms with Gasteiger partial charge in [-0.1, -0.05) is 24.3 Å². The zero-order valence-electron chi connectivity index (χ0n) is 12.7. The van der Waals surface area contributed by atoms with Gasteiger partial charge in [0.25, 0.3) is 11.6 Å². The third kappa shape index (κ3) is 4.77. The molecule has 0 saturated heterocycles. The van der Waals surface area contributed by atoms with Gasteiger partial charge in [-0.3, -0.25) is 14.9 Å². The van der Waals surface area contributed by atoms with E-state index < -0.39 is 22.3 Å². The molecule has 0 saturated carbocycles. The molecule has 0 fully saturated rings. The smallest absolute Gasteiger partial charge is 0.277 e. The van der Waals surface area contributed by atoms with E-state index in [0.717, 1.165) is 18.3 Å². The largest absolute Gasteiger partial charge is 0.868 e. The number of ether oxygens (including phenoxy) is 1. The lowest BCUT2D eigenvalue weighted by atomic mass is 10.2. The highest BCUT2D eigenvalue weighted by molar-refractivity contribution is 5.84. The molecule has 0 aliphatic carbocycles. The first kappa shape index (κ1) is 17.4. The average molecular weight is 339 g/mol. The number of hydrogen-bond donors (Lipinski definition) is 1. The fourth-order valence-corrected chi connectivity index (χ4v) is 1.80. The number of nitriles is 1. The summed E-state index contributed by atoms with van der Waals surface area (Å²) in [6.45, 7) is -0.365. The third-order valence-corrected chi connectivity index (χ3v) is 2.95. The maximum atomic E-state index is 11.6. The van der Waals surface area contributed by atoms with Crippen LogP contribution in [0.15, 0.2) is 47.6 Å². The zero-order valence-corrected chi connectivity index (χ0v) is 12.7. The van der Waals surface area contributed by atoms with Gasteiger partial charge in [-0.25, -0.2) is 5.43 Å². The second kappa shape index (κ2) is 8.07. The van der Waals surface area contributed by atoms with Crippen LogP contribution in [0.4, 0.5) is 5.69 Å². The molecule has 0 radical (unpaired) electrons. The number of carbonyl (C=O) groups excluding carboxylic acids is 1. The van der Waals surface area contributed by atoms with Crippen molar-refractivity contribution in [1.29, 1.82) is 5.26 Å². The summed E-state index contributed by atoms with van der Waals surface area (Å²) < 4.78 is 5.22. The van der Waals surface area contributed by atoms with E-state index in [4.69, 9.17) is 10.00 Å². The summed E-state index contributed by atoms with van der Waals surface area (Å²) in [4.78, 5) is 21.5. The van der Waals surface area contributed by atoms with Gasteiger partial charge in [-0.05, 0) is 17.9 Å². The van der Waals surface area contributed by atoms with Crippen LogP contribution in [0.25, 0.3) is 0 Å². The van der Waals surface area contributed by atoms with E-state index >= 15 is 0 Å². The molecular weight excluding hydrogens is 328 g/mol. The number of nitrogens with one attached hydrogen (secondary N) is 1. The molecule has 0 heterocycles. The number of hydrazone groups is 1. The molecule has 0 atom stereocenters. The van der Waals surface area contributed by atoms with Gasteiger partial charge in [-0.2, -0.15) is 10.4 Å². The molecule has 0 aromatic heterocycles. The summed E-state index contributed by atoms with van der Waals surface area (Å²) in [5.74, 6) is -1.03. The van der Waals surface area contributed by atoms with Crippen LogP contribution in [0, 0.1) is 21.4 Å². The van der Waals surface area contributed by atoms with E-state index in [9.17, 15) is 20.0 Å². The quantitative estimate of drug-likeness (QED) is 0.474. The van der Waals surface area contributed by atoms with Gasteiger partial charge in [0.05, 0.1) is 16.7 Å². The molecule has 0 aliphatic heterocycles. The topological polar surface area (TPSA) is 141 Å². The Bertz CT molecular complexity index is 873. The minimum atomic E-state index is -0.793. The fraction of sp³-hybridized carbons (Fsp3) is 0.0625. The van der Waals surface area contributed by atoms with Crippen LogP contribution in [0.3, 0.4) is 0 Å². The van der Waals surface area contributed by atoms with Gasteiger partial charge in [0.1, 0.15) is 11.8 Å². The normalized spacial score (nSPS) is 10.2. The first-order valence-corrected chi connectivity index (χ1v) is 6.90. The Hall–Kier alpha value is -3.93. The number of benzene rings is 2. The predicted octanol–water partition coefficient (Wildman–Crippen LogP) is 1.07. The second-order valence-electron chi connectivity index (χ2n) is 4.67. The van der Waals surface area contributed by atoms with Crippen molar-refractivity contribution < 1.29 is 19.6 Å². The van der Waals surface area contributed by atoms with Crippen LogP contribution in [0.2, 0.25) is 0 Å². The Morgan fingerprint density at radius 3 is 2.84 bits per heavy atom. The molecule has 9 heteroatoms. The molecule has 0 bridgehead atoms. The molecule has 2 aromatic rings. The van der Waals surface area contributed by atoms with Crippen LogP contribution in [-0.4, -0.2) is 23.7 Å². The Morgan fingerprint density at radius 2 is 2.12 bits per heavy atom. The molecule has 9 nitrogen and oxygen atoms in total. The molecule has 2 rings (SSSR count). The van der Waals surface area contributed by atoms with Crippen molar-refractivity contribution in [3.05, 3.63) is 63.7 Å². The third-order valence-electron chi connectivity index (χ3n) is 2.95. The van der Waals surface area contributed by atoms with Crippen molar-refractivity contribution in [2.24, 2.45) is 5.10 Å². The van der Waals surface area contributed by atoms with Crippen LogP contribution >= 0.6 is 0 Å². The lowest BCUT2D eigenvalue weighted by Gasteiger charge is -2.07. The predicted molar refractivity (Wildman–Crippen MR) is 84.9 cm³/mol. The van der Waals surface area contributed by atoms with Crippen molar-refractivity contribution in [2.45, 2.75) is 0 Å². The molecule has 0 spiro atoms. The molecule has 1 N–H and O–H groups in total. The maximum Gasteiger partial charge on any atom is 0.277 e. The van der Waals surface area contributed by atoms with Crippen molar-refractivity contribution in [3.63, 3.8) is 0 Å². The molecule has 0 unspecified atom stereocenters. The van der Waals surface area contributed by atoms with Gasteiger partial charge in [0, 0.05) is 11.6 Å². The first-order valence-electron chi connectivity index (χ1n) is 6.90. The fourth-order valence-electron chi connectivity index (χ4n) is 1.80. The van der Waals surface area contributed by atoms with E-state index in [1.165, 1.54) is 6.07 Å². The number of nitro benzene ring substituents is 1. The molecule has 0 aliphatic rings. The van der Waals surface area contributed by atoms with Gasteiger partial charge in [-0.15, -0.1) is 0 Å². The summed E-state index contributed by atoms with van der Waals surface area (Å²) >= 11 is 0. The van der Waals surface area contributed by atoms with Gasteiger partial charge in [0.15, 0.2) is 6.61 Å². The van der Waals surface area contributed by atoms with E-state index in [0.29, 0.717) is 5.56 Å². The number of rotatable bonds is 6. The highest BCUT2D eigenvalue weighted by Crippen LogP contribution is 2.22. The second-order valence-corrected chi connectivity index (χ2v) is 4.67. The van der Waals surface area contributed by atoms with Crippen molar-refractivity contribution in [1.82, 2.24) is 5.43 Å². The summed E-state index contributed by atoms with van der Waals surface area (Å²) in [6.07, 6.45) is 1.16. The van der Waals surface area contributed by atoms with Crippen LogP contribution < -0.4 is 15.3 Å². The Kier molecular flexibility index (Phi) is 5.63. The molecule has 1 amide bonds. The van der Waals surface area contributed by atoms with Gasteiger partial charge >= 0.3 is 0 Å². The Balaban J connectivity index is 1.92. The highest BCUT2D eigenvalue weighted by Gasteiger charge is 2.07. The summed E-state index contributed by atoms with van der Waals surface area (Å²) in [6, 6.07) is 11.8. The van der Waals surface area contributed by atoms with E-state index in [1.54, 1.807) is 24.3 Å². The molecular formula is C16H11N4O5-. The number of amides is 1. The molecule has 126 valence electrons. The monoisotopic (exact) mass is 339 g/mol. The van der Waals surface area contributed by atoms with Gasteiger partial charge in [0.2, 0.25) is 0 Å². The zero-order chi connectivity index (χ0) is 18.2. The van der Waals surface area contributed by atoms with E-state index in [1.807, 2.05) is 6.07 Å². The minimum Gasteiger partial charge on any atom is -0.868 e. The maximum absolute atomic E-state index is 11.6. The van der Waals surface area contributed by atoms with Crippen molar-refractivity contribution >= 4 is 17.8 Å². The summed E-state index contributed by atoms with van der Waals surface area (Å²) in [7, 11) is 0. The SMILES string of the molecule is N#Cc1ccccc1OCC(=O)N/N=C\c1ccc([O-])c([N+](=O)[O-])c1. The Morgan fingerprint density at radius 1 is 1.36 bits per heavy atom. The summed E-state index contributed by atoms with van der Waals surface area (Å²) in [5.41, 5.74) is 2.17. The number of carbonyl (C=O) groups is 1.